The van der Waals surface area contributed by atoms with E-state index < -0.39 is 23.4 Å². The number of carbonyl (C=O) groups is 2. The molecule has 174 valence electrons. The molecule has 0 aliphatic carbocycles. The van der Waals surface area contributed by atoms with E-state index in [0.717, 1.165) is 5.56 Å². The molecule has 7 nitrogen and oxygen atoms in total. The first-order chi connectivity index (χ1) is 15.8. The molecule has 0 aliphatic rings. The van der Waals surface area contributed by atoms with Gasteiger partial charge in [-0.25, -0.2) is 4.79 Å². The highest BCUT2D eigenvalue weighted by molar-refractivity contribution is 7.99. The number of amides is 1. The fourth-order valence-electron chi connectivity index (χ4n) is 3.24. The molecule has 0 radical (unpaired) electrons. The van der Waals surface area contributed by atoms with Crippen LogP contribution in [0.4, 0.5) is 10.5 Å². The molecule has 0 aliphatic heterocycles. The highest BCUT2D eigenvalue weighted by Gasteiger charge is 2.21. The summed E-state index contributed by atoms with van der Waals surface area (Å²) in [7, 11) is 0. The summed E-state index contributed by atoms with van der Waals surface area (Å²) in [6.07, 6.45) is -0.665. The zero-order valence-corrected chi connectivity index (χ0v) is 20.1. The van der Waals surface area contributed by atoms with Gasteiger partial charge < -0.3 is 14.4 Å². The second-order valence-corrected chi connectivity index (χ2v) is 9.01. The first-order valence-electron chi connectivity index (χ1n) is 10.4. The molecule has 0 spiro atoms. The molecule has 0 saturated heterocycles. The number of carboxylic acid groups (broad SMARTS) is 1. The summed E-state index contributed by atoms with van der Waals surface area (Å²) in [5.74, 6) is 0.110. The number of hydrogen-bond acceptors (Lipinski definition) is 6. The molecule has 3 aromatic rings. The van der Waals surface area contributed by atoms with Crippen LogP contribution in [-0.2, 0) is 15.3 Å². The van der Waals surface area contributed by atoms with E-state index in [9.17, 15) is 14.7 Å². The van der Waals surface area contributed by atoms with Crippen LogP contribution in [0.15, 0.2) is 53.1 Å². The average molecular weight is 489 g/mol. The molecule has 0 saturated carbocycles. The first-order valence-corrected chi connectivity index (χ1v) is 11.8. The Hall–Kier alpha value is -2.97. The third-order valence-electron chi connectivity index (χ3n) is 5.00. The van der Waals surface area contributed by atoms with Crippen molar-refractivity contribution < 1.29 is 24.0 Å². The van der Waals surface area contributed by atoms with Gasteiger partial charge in [0.2, 0.25) is 0 Å². The van der Waals surface area contributed by atoms with E-state index in [1.54, 1.807) is 26.0 Å². The van der Waals surface area contributed by atoms with E-state index >= 15 is 0 Å². The highest BCUT2D eigenvalue weighted by Crippen LogP contribution is 2.33. The van der Waals surface area contributed by atoms with Gasteiger partial charge in [0.15, 0.2) is 5.76 Å². The van der Waals surface area contributed by atoms with Gasteiger partial charge in [-0.05, 0) is 38.0 Å². The minimum absolute atomic E-state index is 0.395. The summed E-state index contributed by atoms with van der Waals surface area (Å²) in [6, 6.07) is 14.7. The molecule has 2 N–H and O–H groups in total. The lowest BCUT2D eigenvalue weighted by molar-refractivity contribution is -0.136. The Morgan fingerprint density at radius 2 is 2.00 bits per heavy atom. The third kappa shape index (κ3) is 6.30. The van der Waals surface area contributed by atoms with Crippen molar-refractivity contribution in [2.75, 3.05) is 5.32 Å². The van der Waals surface area contributed by atoms with Crippen LogP contribution < -0.4 is 5.32 Å². The van der Waals surface area contributed by atoms with Gasteiger partial charge in [-0.1, -0.05) is 60.1 Å². The van der Waals surface area contributed by atoms with Gasteiger partial charge in [0.25, 0.3) is 0 Å². The van der Waals surface area contributed by atoms with E-state index in [-0.39, 0.29) is 0 Å². The lowest BCUT2D eigenvalue weighted by Crippen LogP contribution is -2.17. The summed E-state index contributed by atoms with van der Waals surface area (Å²) in [4.78, 5) is 23.9. The van der Waals surface area contributed by atoms with Gasteiger partial charge in [-0.3, -0.25) is 10.1 Å². The maximum Gasteiger partial charge on any atom is 0.412 e. The largest absolute Gasteiger partial charge is 0.480 e. The monoisotopic (exact) mass is 488 g/mol. The predicted molar refractivity (Wildman–Crippen MR) is 130 cm³/mol. The standard InChI is InChI=1S/C24H25ClN2O5S/c1-4-20(23(28)29)33-13-16-8-7-9-17(12-16)22-21(14(2)27-32-22)26-24(30)31-15(3)18-10-5-6-11-19(18)25/h5-12,15,20H,4,13H2,1-3H3,(H,26,30)(H,28,29). The first kappa shape index (κ1) is 24.7. The Morgan fingerprint density at radius 3 is 2.70 bits per heavy atom. The summed E-state index contributed by atoms with van der Waals surface area (Å²) >= 11 is 7.56. The second kappa shape index (κ2) is 11.2. The number of benzene rings is 2. The number of nitrogens with one attached hydrogen (secondary N) is 1. The summed E-state index contributed by atoms with van der Waals surface area (Å²) < 4.78 is 11.0. The molecule has 2 aromatic carbocycles. The van der Waals surface area contributed by atoms with Crippen LogP contribution in [0.5, 0.6) is 0 Å². The van der Waals surface area contributed by atoms with E-state index in [4.69, 9.17) is 20.9 Å². The van der Waals surface area contributed by atoms with Crippen molar-refractivity contribution in [1.29, 1.82) is 0 Å². The number of nitrogens with zero attached hydrogens (tertiary/aromatic N) is 1. The van der Waals surface area contributed by atoms with Gasteiger partial charge in [0, 0.05) is 21.9 Å². The van der Waals surface area contributed by atoms with E-state index in [1.165, 1.54) is 11.8 Å². The fraction of sp³-hybridized carbons (Fsp3) is 0.292. The molecular weight excluding hydrogens is 464 g/mol. The SMILES string of the molecule is CCC(SCc1cccc(-c2onc(C)c2NC(=O)OC(C)c2ccccc2Cl)c1)C(=O)O. The molecule has 1 amide bonds. The Kier molecular flexibility index (Phi) is 8.41. The maximum atomic E-state index is 12.6. The minimum Gasteiger partial charge on any atom is -0.480 e. The molecule has 0 fully saturated rings. The zero-order valence-electron chi connectivity index (χ0n) is 18.5. The number of halogens is 1. The lowest BCUT2D eigenvalue weighted by Gasteiger charge is -2.15. The van der Waals surface area contributed by atoms with Gasteiger partial charge in [-0.15, -0.1) is 11.8 Å². The summed E-state index contributed by atoms with van der Waals surface area (Å²) in [5, 5.41) is 16.0. The predicted octanol–water partition coefficient (Wildman–Crippen LogP) is 6.71. The van der Waals surface area contributed by atoms with Crippen molar-refractivity contribution in [3.05, 3.63) is 70.4 Å². The Morgan fingerprint density at radius 1 is 1.24 bits per heavy atom. The molecule has 9 heteroatoms. The number of ether oxygens (including phenoxy) is 1. The number of carbonyl (C=O) groups excluding carboxylic acids is 1. The smallest absolute Gasteiger partial charge is 0.412 e. The highest BCUT2D eigenvalue weighted by atomic mass is 35.5. The van der Waals surface area contributed by atoms with Gasteiger partial charge in [-0.2, -0.15) is 0 Å². The topological polar surface area (TPSA) is 102 Å². The molecular formula is C24H25ClN2O5S. The normalized spacial score (nSPS) is 12.7. The van der Waals surface area contributed by atoms with Crippen LogP contribution in [-0.4, -0.2) is 27.6 Å². The number of thioether (sulfide) groups is 1. The fourth-order valence-corrected chi connectivity index (χ4v) is 4.48. The number of aromatic nitrogens is 1. The molecule has 1 heterocycles. The van der Waals surface area contributed by atoms with Crippen molar-refractivity contribution in [2.24, 2.45) is 0 Å². The third-order valence-corrected chi connectivity index (χ3v) is 6.78. The maximum absolute atomic E-state index is 12.6. The van der Waals surface area contributed by atoms with Gasteiger partial charge >= 0.3 is 12.1 Å². The van der Waals surface area contributed by atoms with Gasteiger partial charge in [0.1, 0.15) is 22.7 Å². The lowest BCUT2D eigenvalue weighted by atomic mass is 10.1. The summed E-state index contributed by atoms with van der Waals surface area (Å²) in [6.45, 7) is 5.31. The van der Waals surface area contributed by atoms with Crippen LogP contribution in [0.3, 0.4) is 0 Å². The second-order valence-electron chi connectivity index (χ2n) is 7.41. The van der Waals surface area contributed by atoms with Crippen molar-refractivity contribution in [3.63, 3.8) is 0 Å². The number of aliphatic carboxylic acids is 1. The Bertz CT molecular complexity index is 1130. The Balaban J connectivity index is 1.74. The minimum atomic E-state index is -0.819. The number of anilines is 1. The van der Waals surface area contributed by atoms with Crippen LogP contribution in [0, 0.1) is 6.92 Å². The van der Waals surface area contributed by atoms with Crippen molar-refractivity contribution in [1.82, 2.24) is 5.16 Å². The number of hydrogen-bond donors (Lipinski definition) is 2. The Labute approximate surface area is 201 Å². The molecule has 2 unspecified atom stereocenters. The van der Waals surface area contributed by atoms with E-state index in [0.29, 0.717) is 45.5 Å². The molecule has 0 bridgehead atoms. The number of aryl methyl sites for hydroxylation is 1. The number of carboxylic acids is 1. The number of rotatable bonds is 9. The van der Waals surface area contributed by atoms with E-state index in [2.05, 4.69) is 10.5 Å². The van der Waals surface area contributed by atoms with Crippen LogP contribution in [0.25, 0.3) is 11.3 Å². The van der Waals surface area contributed by atoms with Gasteiger partial charge in [0.05, 0.1) is 0 Å². The van der Waals surface area contributed by atoms with E-state index in [1.807, 2.05) is 43.3 Å². The molecule has 1 aromatic heterocycles. The van der Waals surface area contributed by atoms with Crippen LogP contribution in [0.1, 0.15) is 43.2 Å². The molecule has 33 heavy (non-hydrogen) atoms. The van der Waals surface area contributed by atoms with Crippen molar-refractivity contribution in [2.45, 2.75) is 44.3 Å². The van der Waals surface area contributed by atoms with Crippen LogP contribution >= 0.6 is 23.4 Å². The molecule has 2 atom stereocenters. The summed E-state index contributed by atoms with van der Waals surface area (Å²) in [5.41, 5.74) is 3.27. The zero-order chi connectivity index (χ0) is 24.0. The average Bonchev–Trinajstić information content (AvgIpc) is 3.14. The van der Waals surface area contributed by atoms with Crippen LogP contribution in [0.2, 0.25) is 5.02 Å². The quantitative estimate of drug-likeness (QED) is 0.345. The van der Waals surface area contributed by atoms with Crippen molar-refractivity contribution in [3.8, 4) is 11.3 Å². The van der Waals surface area contributed by atoms with Crippen molar-refractivity contribution >= 4 is 41.1 Å². The molecule has 3 rings (SSSR count).